The highest BCUT2D eigenvalue weighted by Crippen LogP contribution is 2.31. The molecule has 8 heteroatoms. The fourth-order valence-corrected chi connectivity index (χ4v) is 4.12. The van der Waals surface area contributed by atoms with Gasteiger partial charge in [-0.25, -0.2) is 0 Å². The van der Waals surface area contributed by atoms with Crippen LogP contribution in [0.3, 0.4) is 0 Å². The second kappa shape index (κ2) is 10.1. The number of benzene rings is 1. The Bertz CT molecular complexity index is 1090. The first kappa shape index (κ1) is 22.3. The summed E-state index contributed by atoms with van der Waals surface area (Å²) in [4.78, 5) is 44.2. The van der Waals surface area contributed by atoms with Crippen molar-refractivity contribution in [1.82, 2.24) is 10.3 Å². The molecule has 0 bridgehead atoms. The predicted octanol–water partition coefficient (Wildman–Crippen LogP) is 4.08. The van der Waals surface area contributed by atoms with E-state index < -0.39 is 11.9 Å². The average molecular weight is 447 g/mol. The first-order valence-corrected chi connectivity index (χ1v) is 11.0. The zero-order chi connectivity index (χ0) is 23.2. The first-order valence-electron chi connectivity index (χ1n) is 11.0. The van der Waals surface area contributed by atoms with Crippen molar-refractivity contribution in [3.05, 3.63) is 78.5 Å². The number of amides is 3. The van der Waals surface area contributed by atoms with Gasteiger partial charge >= 0.3 is 0 Å². The predicted molar refractivity (Wildman–Crippen MR) is 124 cm³/mol. The van der Waals surface area contributed by atoms with E-state index in [9.17, 15) is 14.4 Å². The number of furan rings is 1. The maximum absolute atomic E-state index is 13.6. The zero-order valence-electron chi connectivity index (χ0n) is 18.4. The van der Waals surface area contributed by atoms with Crippen molar-refractivity contribution in [2.45, 2.75) is 44.7 Å². The molecule has 4 rings (SSSR count). The molecule has 2 heterocycles. The number of carbonyl (C=O) groups is 3. The van der Waals surface area contributed by atoms with Crippen LogP contribution in [-0.2, 0) is 9.59 Å². The Morgan fingerprint density at radius 1 is 1.06 bits per heavy atom. The van der Waals surface area contributed by atoms with Crippen LogP contribution in [-0.4, -0.2) is 28.7 Å². The number of rotatable bonds is 7. The van der Waals surface area contributed by atoms with Crippen molar-refractivity contribution >= 4 is 29.1 Å². The van der Waals surface area contributed by atoms with Crippen LogP contribution in [0.15, 0.2) is 71.6 Å². The Morgan fingerprint density at radius 2 is 1.82 bits per heavy atom. The summed E-state index contributed by atoms with van der Waals surface area (Å²) in [7, 11) is 0. The highest BCUT2D eigenvalue weighted by molar-refractivity contribution is 6.08. The van der Waals surface area contributed by atoms with E-state index in [0.29, 0.717) is 16.9 Å². The number of aromatic nitrogens is 1. The Morgan fingerprint density at radius 3 is 2.42 bits per heavy atom. The molecule has 33 heavy (non-hydrogen) atoms. The Hall–Kier alpha value is -3.94. The molecule has 1 fully saturated rings. The van der Waals surface area contributed by atoms with Crippen molar-refractivity contribution in [1.29, 1.82) is 0 Å². The van der Waals surface area contributed by atoms with Gasteiger partial charge in [0, 0.05) is 42.3 Å². The lowest BCUT2D eigenvalue weighted by atomic mass is 10.0. The van der Waals surface area contributed by atoms with Gasteiger partial charge in [0.2, 0.25) is 11.8 Å². The van der Waals surface area contributed by atoms with Crippen LogP contribution in [0.2, 0.25) is 0 Å². The Labute approximate surface area is 192 Å². The highest BCUT2D eigenvalue weighted by atomic mass is 16.3. The number of nitrogens with zero attached hydrogens (tertiary/aromatic N) is 2. The van der Waals surface area contributed by atoms with Crippen LogP contribution in [0.1, 0.15) is 54.8 Å². The smallest absolute Gasteiger partial charge is 0.294 e. The van der Waals surface area contributed by atoms with Gasteiger partial charge in [0.1, 0.15) is 6.04 Å². The topological polar surface area (TPSA) is 105 Å². The van der Waals surface area contributed by atoms with E-state index in [2.05, 4.69) is 15.6 Å². The van der Waals surface area contributed by atoms with E-state index in [4.69, 9.17) is 4.42 Å². The highest BCUT2D eigenvalue weighted by Gasteiger charge is 2.35. The van der Waals surface area contributed by atoms with Crippen molar-refractivity contribution in [3.63, 3.8) is 0 Å². The van der Waals surface area contributed by atoms with Gasteiger partial charge in [-0.3, -0.25) is 24.3 Å². The summed E-state index contributed by atoms with van der Waals surface area (Å²) < 4.78 is 5.38. The molecule has 8 nitrogen and oxygen atoms in total. The molecule has 2 N–H and O–H groups in total. The molecule has 1 saturated carbocycles. The third kappa shape index (κ3) is 5.28. The molecule has 0 unspecified atom stereocenters. The van der Waals surface area contributed by atoms with Crippen LogP contribution in [0.5, 0.6) is 0 Å². The monoisotopic (exact) mass is 446 g/mol. The van der Waals surface area contributed by atoms with Gasteiger partial charge in [0.25, 0.3) is 5.91 Å². The zero-order valence-corrected chi connectivity index (χ0v) is 18.4. The van der Waals surface area contributed by atoms with E-state index in [1.807, 2.05) is 0 Å². The number of hydrogen-bond donors (Lipinski definition) is 2. The largest absolute Gasteiger partial charge is 0.459 e. The minimum absolute atomic E-state index is 0.0828. The third-order valence-electron chi connectivity index (χ3n) is 5.62. The number of pyridine rings is 1. The molecule has 0 aliphatic heterocycles. The molecule has 0 radical (unpaired) electrons. The summed E-state index contributed by atoms with van der Waals surface area (Å²) in [6.45, 7) is 1.42. The van der Waals surface area contributed by atoms with Gasteiger partial charge in [-0.05, 0) is 55.3 Å². The summed E-state index contributed by atoms with van der Waals surface area (Å²) in [5.41, 5.74) is 1.66. The molecule has 170 valence electrons. The fourth-order valence-electron chi connectivity index (χ4n) is 4.12. The van der Waals surface area contributed by atoms with Crippen LogP contribution < -0.4 is 15.5 Å². The third-order valence-corrected chi connectivity index (χ3v) is 5.62. The van der Waals surface area contributed by atoms with E-state index in [1.165, 1.54) is 18.1 Å². The number of carbonyl (C=O) groups excluding carboxylic acids is 3. The maximum atomic E-state index is 13.6. The van der Waals surface area contributed by atoms with Gasteiger partial charge in [-0.15, -0.1) is 0 Å². The molecule has 0 spiro atoms. The lowest BCUT2D eigenvalue weighted by Crippen LogP contribution is -2.46. The summed E-state index contributed by atoms with van der Waals surface area (Å²) in [5.74, 6) is -0.817. The van der Waals surface area contributed by atoms with Crippen molar-refractivity contribution in [2.24, 2.45) is 0 Å². The average Bonchev–Trinajstić information content (AvgIpc) is 3.52. The van der Waals surface area contributed by atoms with Gasteiger partial charge in [-0.2, -0.15) is 0 Å². The minimum atomic E-state index is -0.955. The normalized spacial score (nSPS) is 14.5. The molecule has 1 aliphatic carbocycles. The molecule has 1 aromatic carbocycles. The first-order chi connectivity index (χ1) is 16.0. The summed E-state index contributed by atoms with van der Waals surface area (Å²) in [5, 5.41) is 5.83. The second-order valence-electron chi connectivity index (χ2n) is 8.06. The molecule has 3 amide bonds. The van der Waals surface area contributed by atoms with Crippen LogP contribution in [0.25, 0.3) is 0 Å². The van der Waals surface area contributed by atoms with Crippen LogP contribution in [0, 0.1) is 0 Å². The standard InChI is InChI=1S/C25H26N4O4/c1-17(30)27-20-10-12-21(13-11-20)29(25(32)22-9-5-15-33-22)23(18-6-4-14-26-16-18)24(31)28-19-7-2-3-8-19/h4-6,9-16,19,23H,2-3,7-8H2,1H3,(H,27,30)(H,28,31)/t23-/m0/s1. The number of hydrogen-bond acceptors (Lipinski definition) is 5. The van der Waals surface area contributed by atoms with Crippen LogP contribution >= 0.6 is 0 Å². The van der Waals surface area contributed by atoms with E-state index >= 15 is 0 Å². The van der Waals surface area contributed by atoms with E-state index in [-0.39, 0.29) is 23.6 Å². The van der Waals surface area contributed by atoms with Crippen molar-refractivity contribution in [3.8, 4) is 0 Å². The molecule has 1 aliphatic rings. The van der Waals surface area contributed by atoms with Crippen LogP contribution in [0.4, 0.5) is 11.4 Å². The SMILES string of the molecule is CC(=O)Nc1ccc(N(C(=O)c2ccco2)[C@H](C(=O)NC2CCCC2)c2cccnc2)cc1. The Kier molecular flexibility index (Phi) is 6.83. The maximum Gasteiger partial charge on any atom is 0.294 e. The Balaban J connectivity index is 1.76. The summed E-state index contributed by atoms with van der Waals surface area (Å²) >= 11 is 0. The van der Waals surface area contributed by atoms with Gasteiger partial charge < -0.3 is 15.1 Å². The molecule has 3 aromatic rings. The lowest BCUT2D eigenvalue weighted by Gasteiger charge is -2.31. The summed E-state index contributed by atoms with van der Waals surface area (Å²) in [6.07, 6.45) is 8.61. The van der Waals surface area contributed by atoms with E-state index in [1.54, 1.807) is 60.9 Å². The fraction of sp³-hybridized carbons (Fsp3) is 0.280. The molecular formula is C25H26N4O4. The molecule has 0 saturated heterocycles. The van der Waals surface area contributed by atoms with Crippen molar-refractivity contribution < 1.29 is 18.8 Å². The molecule has 2 aromatic heterocycles. The second-order valence-corrected chi connectivity index (χ2v) is 8.06. The summed E-state index contributed by atoms with van der Waals surface area (Å²) in [6, 6.07) is 12.6. The number of anilines is 2. The number of nitrogens with one attached hydrogen (secondary N) is 2. The molecular weight excluding hydrogens is 420 g/mol. The minimum Gasteiger partial charge on any atom is -0.459 e. The van der Waals surface area contributed by atoms with E-state index in [0.717, 1.165) is 25.7 Å². The van der Waals surface area contributed by atoms with Gasteiger partial charge in [-0.1, -0.05) is 18.9 Å². The van der Waals surface area contributed by atoms with Gasteiger partial charge in [0.15, 0.2) is 5.76 Å². The lowest BCUT2D eigenvalue weighted by molar-refractivity contribution is -0.123. The van der Waals surface area contributed by atoms with Crippen molar-refractivity contribution in [2.75, 3.05) is 10.2 Å². The quantitative estimate of drug-likeness (QED) is 0.569. The molecule has 1 atom stereocenters. The van der Waals surface area contributed by atoms with Gasteiger partial charge in [0.05, 0.1) is 6.26 Å².